The van der Waals surface area contributed by atoms with Crippen molar-refractivity contribution in [2.24, 2.45) is 0 Å². The smallest absolute Gasteiger partial charge is 0.0527 e. The summed E-state index contributed by atoms with van der Waals surface area (Å²) in [5, 5.41) is 0. The normalized spacial score (nSPS) is 18.4. The minimum Gasteiger partial charge on any atom is -0.361 e. The quantitative estimate of drug-likeness (QED) is 0.869. The van der Waals surface area contributed by atoms with Crippen LogP contribution in [0, 0.1) is 6.92 Å². The van der Waals surface area contributed by atoms with Gasteiger partial charge in [-0.15, -0.1) is 0 Å². The molecule has 0 atom stereocenters. The number of hydrogen-bond acceptors (Lipinski definition) is 2. The van der Waals surface area contributed by atoms with Crippen molar-refractivity contribution in [1.82, 2.24) is 14.8 Å². The zero-order valence-corrected chi connectivity index (χ0v) is 14.3. The number of likely N-dealkylation sites (N-methyl/N-ethyl adjacent to an activating group) is 1. The Morgan fingerprint density at radius 1 is 1.11 bits per heavy atom. The average Bonchev–Trinajstić information content (AvgIpc) is 2.60. The van der Waals surface area contributed by atoms with E-state index in [4.69, 9.17) is 0 Å². The van der Waals surface area contributed by atoms with Crippen LogP contribution < -0.4 is 0 Å². The highest BCUT2D eigenvalue weighted by Crippen LogP contribution is 2.30. The maximum absolute atomic E-state index is 3.64. The lowest BCUT2D eigenvalue weighted by Crippen LogP contribution is -2.44. The number of aromatic amines is 1. The number of rotatable bonds is 4. The Bertz CT molecular complexity index is 395. The van der Waals surface area contributed by atoms with Gasteiger partial charge in [0.15, 0.2) is 0 Å². The minimum atomic E-state index is 1.11. The molecule has 1 saturated heterocycles. The van der Waals surface area contributed by atoms with Crippen molar-refractivity contribution in [3.63, 3.8) is 0 Å². The van der Waals surface area contributed by atoms with E-state index in [1.807, 2.05) is 0 Å². The molecule has 2 rings (SSSR count). The molecule has 5 heteroatoms. The fourth-order valence-corrected chi connectivity index (χ4v) is 3.29. The van der Waals surface area contributed by atoms with E-state index < -0.39 is 0 Å². The molecule has 0 bridgehead atoms. The Morgan fingerprint density at radius 2 is 1.78 bits per heavy atom. The van der Waals surface area contributed by atoms with Crippen molar-refractivity contribution in [1.29, 1.82) is 0 Å². The molecule has 1 aromatic rings. The molecule has 1 aromatic heterocycles. The van der Waals surface area contributed by atoms with Crippen molar-refractivity contribution >= 4 is 31.9 Å². The van der Waals surface area contributed by atoms with E-state index in [0.29, 0.717) is 0 Å². The van der Waals surface area contributed by atoms with Gasteiger partial charge in [0.2, 0.25) is 0 Å². The molecule has 0 saturated carbocycles. The SMILES string of the molecule is Cc1[nH]c(CCCN2CCN(C)CC2)c(Br)c1Br. The Hall–Kier alpha value is 0.160. The average molecular weight is 379 g/mol. The molecule has 0 aromatic carbocycles. The van der Waals surface area contributed by atoms with Crippen LogP contribution in [0.5, 0.6) is 0 Å². The number of piperazine rings is 1. The van der Waals surface area contributed by atoms with Crippen LogP contribution in [0.4, 0.5) is 0 Å². The summed E-state index contributed by atoms with van der Waals surface area (Å²) in [6.45, 7) is 8.14. The second-order valence-corrected chi connectivity index (χ2v) is 6.69. The van der Waals surface area contributed by atoms with Gasteiger partial charge >= 0.3 is 0 Å². The van der Waals surface area contributed by atoms with E-state index in [-0.39, 0.29) is 0 Å². The maximum atomic E-state index is 3.64. The molecular weight excluding hydrogens is 358 g/mol. The van der Waals surface area contributed by atoms with Gasteiger partial charge in [0.25, 0.3) is 0 Å². The third-order valence-electron chi connectivity index (χ3n) is 3.62. The van der Waals surface area contributed by atoms with E-state index in [9.17, 15) is 0 Å². The third kappa shape index (κ3) is 3.59. The number of nitrogens with one attached hydrogen (secondary N) is 1. The Morgan fingerprint density at radius 3 is 2.33 bits per heavy atom. The van der Waals surface area contributed by atoms with Gasteiger partial charge in [-0.25, -0.2) is 0 Å². The van der Waals surface area contributed by atoms with Gasteiger partial charge in [0, 0.05) is 37.6 Å². The summed E-state index contributed by atoms with van der Waals surface area (Å²) in [6, 6.07) is 0. The van der Waals surface area contributed by atoms with Crippen LogP contribution in [-0.4, -0.2) is 54.6 Å². The van der Waals surface area contributed by atoms with Gasteiger partial charge in [-0.3, -0.25) is 0 Å². The maximum Gasteiger partial charge on any atom is 0.0527 e. The number of aryl methyl sites for hydroxylation is 2. The molecule has 1 fully saturated rings. The molecule has 3 nitrogen and oxygen atoms in total. The lowest BCUT2D eigenvalue weighted by Gasteiger charge is -2.32. The number of aromatic nitrogens is 1. The highest BCUT2D eigenvalue weighted by Gasteiger charge is 2.14. The van der Waals surface area contributed by atoms with Crippen LogP contribution >= 0.6 is 31.9 Å². The van der Waals surface area contributed by atoms with E-state index in [0.717, 1.165) is 10.9 Å². The Balaban J connectivity index is 1.76. The molecule has 0 radical (unpaired) electrons. The first-order valence-electron chi connectivity index (χ1n) is 6.51. The van der Waals surface area contributed by atoms with Gasteiger partial charge in [0.05, 0.1) is 8.95 Å². The first-order valence-corrected chi connectivity index (χ1v) is 8.10. The number of hydrogen-bond donors (Lipinski definition) is 1. The molecule has 2 heterocycles. The summed E-state index contributed by atoms with van der Waals surface area (Å²) in [4.78, 5) is 8.41. The second kappa shape index (κ2) is 6.55. The first-order chi connectivity index (χ1) is 8.58. The summed E-state index contributed by atoms with van der Waals surface area (Å²) in [5.74, 6) is 0. The van der Waals surface area contributed by atoms with Gasteiger partial charge in [-0.2, -0.15) is 0 Å². The molecule has 0 aliphatic carbocycles. The summed E-state index contributed by atoms with van der Waals surface area (Å²) in [5.41, 5.74) is 2.52. The van der Waals surface area contributed by atoms with Crippen molar-refractivity contribution in [3.8, 4) is 0 Å². The zero-order chi connectivity index (χ0) is 13.1. The van der Waals surface area contributed by atoms with Crippen LogP contribution in [-0.2, 0) is 6.42 Å². The van der Waals surface area contributed by atoms with Crippen LogP contribution in [0.25, 0.3) is 0 Å². The summed E-state index contributed by atoms with van der Waals surface area (Å²) in [6.07, 6.45) is 2.33. The number of nitrogens with zero attached hydrogens (tertiary/aromatic N) is 2. The molecule has 1 aliphatic heterocycles. The van der Waals surface area contributed by atoms with Crippen molar-refractivity contribution in [2.45, 2.75) is 19.8 Å². The van der Waals surface area contributed by atoms with Gasteiger partial charge in [-0.05, 0) is 65.2 Å². The summed E-state index contributed by atoms with van der Waals surface area (Å²) >= 11 is 7.22. The lowest BCUT2D eigenvalue weighted by molar-refractivity contribution is 0.153. The second-order valence-electron chi connectivity index (χ2n) is 5.10. The van der Waals surface area contributed by atoms with E-state index in [2.05, 4.69) is 60.6 Å². The highest BCUT2D eigenvalue weighted by atomic mass is 79.9. The van der Waals surface area contributed by atoms with Crippen LogP contribution in [0.15, 0.2) is 8.95 Å². The fourth-order valence-electron chi connectivity index (χ4n) is 2.36. The molecule has 0 amide bonds. The van der Waals surface area contributed by atoms with Gasteiger partial charge in [0.1, 0.15) is 0 Å². The predicted octanol–water partition coefficient (Wildman–Crippen LogP) is 3.03. The van der Waals surface area contributed by atoms with Crippen molar-refractivity contribution in [3.05, 3.63) is 20.3 Å². The third-order valence-corrected chi connectivity index (χ3v) is 6.02. The van der Waals surface area contributed by atoms with Crippen molar-refractivity contribution in [2.75, 3.05) is 39.8 Å². The highest BCUT2D eigenvalue weighted by molar-refractivity contribution is 9.13. The largest absolute Gasteiger partial charge is 0.361 e. The molecule has 1 N–H and O–H groups in total. The monoisotopic (exact) mass is 377 g/mol. The minimum absolute atomic E-state index is 1.11. The molecule has 0 spiro atoms. The predicted molar refractivity (Wildman–Crippen MR) is 83.2 cm³/mol. The standard InChI is InChI=1S/C13H21Br2N3/c1-10-12(14)13(15)11(16-10)4-3-5-18-8-6-17(2)7-9-18/h16H,3-9H2,1-2H3. The topological polar surface area (TPSA) is 22.3 Å². The molecule has 18 heavy (non-hydrogen) atoms. The Labute approximate surface area is 126 Å². The van der Waals surface area contributed by atoms with E-state index >= 15 is 0 Å². The first kappa shape index (κ1) is 14.6. The van der Waals surface area contributed by atoms with Gasteiger partial charge < -0.3 is 14.8 Å². The lowest BCUT2D eigenvalue weighted by atomic mass is 10.2. The number of halogens is 2. The van der Waals surface area contributed by atoms with E-state index in [1.54, 1.807) is 0 Å². The van der Waals surface area contributed by atoms with Crippen LogP contribution in [0.1, 0.15) is 17.8 Å². The molecule has 0 unspecified atom stereocenters. The number of H-pyrrole nitrogens is 1. The molecule has 1 aliphatic rings. The Kier molecular flexibility index (Phi) is 5.30. The molecular formula is C13H21Br2N3. The van der Waals surface area contributed by atoms with Crippen LogP contribution in [0.2, 0.25) is 0 Å². The van der Waals surface area contributed by atoms with Crippen molar-refractivity contribution < 1.29 is 0 Å². The van der Waals surface area contributed by atoms with E-state index in [1.165, 1.54) is 55.0 Å². The molecule has 102 valence electrons. The summed E-state index contributed by atoms with van der Waals surface area (Å²) in [7, 11) is 2.20. The van der Waals surface area contributed by atoms with Crippen LogP contribution in [0.3, 0.4) is 0 Å². The zero-order valence-electron chi connectivity index (χ0n) is 11.1. The fraction of sp³-hybridized carbons (Fsp3) is 0.692. The van der Waals surface area contributed by atoms with Gasteiger partial charge in [-0.1, -0.05) is 0 Å². The summed E-state index contributed by atoms with van der Waals surface area (Å²) < 4.78 is 2.36.